The molecule has 0 saturated heterocycles. The second-order valence-electron chi connectivity index (χ2n) is 7.89. The van der Waals surface area contributed by atoms with E-state index >= 15 is 0 Å². The number of rotatable bonds is 5. The Bertz CT molecular complexity index is 1320. The van der Waals surface area contributed by atoms with Crippen LogP contribution in [-0.4, -0.2) is 10.9 Å². The van der Waals surface area contributed by atoms with E-state index in [-0.39, 0.29) is 24.9 Å². The molecule has 0 spiro atoms. The number of amides is 1. The molecule has 0 bridgehead atoms. The molecular weight excluding hydrogens is 457 g/mol. The summed E-state index contributed by atoms with van der Waals surface area (Å²) in [7, 11) is 0. The van der Waals surface area contributed by atoms with Crippen LogP contribution in [0.3, 0.4) is 0 Å². The molecular formula is C26H23Cl2N3O2. The smallest absolute Gasteiger partial charge is 0.256 e. The molecule has 0 saturated carbocycles. The average Bonchev–Trinajstić information content (AvgIpc) is 3.28. The quantitative estimate of drug-likeness (QED) is 0.356. The molecule has 1 aliphatic rings. The van der Waals surface area contributed by atoms with Gasteiger partial charge in [-0.25, -0.2) is 0 Å². The molecule has 5 nitrogen and oxygen atoms in total. The fourth-order valence-electron chi connectivity index (χ4n) is 4.13. The molecule has 3 N–H and O–H groups in total. The molecule has 0 aliphatic heterocycles. The summed E-state index contributed by atoms with van der Waals surface area (Å²) in [5, 5.41) is 4.52. The Morgan fingerprint density at radius 3 is 2.67 bits per heavy atom. The normalized spacial score (nSPS) is 12.2. The summed E-state index contributed by atoms with van der Waals surface area (Å²) in [6, 6.07) is 20.2. The molecule has 1 aromatic heterocycles. The number of hydrogen-bond donors (Lipinski definition) is 2. The van der Waals surface area contributed by atoms with Crippen molar-refractivity contribution in [3.05, 3.63) is 94.1 Å². The van der Waals surface area contributed by atoms with Crippen molar-refractivity contribution in [2.45, 2.75) is 25.9 Å². The van der Waals surface area contributed by atoms with Crippen LogP contribution in [0.4, 0.5) is 11.4 Å². The monoisotopic (exact) mass is 479 g/mol. The van der Waals surface area contributed by atoms with E-state index in [1.54, 1.807) is 30.3 Å². The average molecular weight is 480 g/mol. The van der Waals surface area contributed by atoms with E-state index in [9.17, 15) is 4.79 Å². The third-order valence-electron chi connectivity index (χ3n) is 5.78. The van der Waals surface area contributed by atoms with Gasteiger partial charge in [0.2, 0.25) is 0 Å². The topological polar surface area (TPSA) is 77.2 Å². The highest BCUT2D eigenvalue weighted by atomic mass is 35.5. The van der Waals surface area contributed by atoms with Crippen LogP contribution < -0.4 is 15.8 Å². The molecule has 0 unspecified atom stereocenters. The number of halogens is 2. The van der Waals surface area contributed by atoms with Crippen LogP contribution in [0.5, 0.6) is 5.75 Å². The van der Waals surface area contributed by atoms with Gasteiger partial charge in [-0.15, -0.1) is 12.4 Å². The highest BCUT2D eigenvalue weighted by Crippen LogP contribution is 2.33. The van der Waals surface area contributed by atoms with Gasteiger partial charge in [-0.05, 0) is 73.4 Å². The van der Waals surface area contributed by atoms with Crippen LogP contribution in [-0.2, 0) is 19.4 Å². The number of nitrogen functional groups attached to an aromatic ring is 1. The number of nitrogens with one attached hydrogen (secondary N) is 1. The first kappa shape index (κ1) is 22.9. The number of pyridine rings is 1. The van der Waals surface area contributed by atoms with Gasteiger partial charge >= 0.3 is 0 Å². The molecule has 5 rings (SSSR count). The van der Waals surface area contributed by atoms with Crippen LogP contribution >= 0.6 is 24.0 Å². The Labute approximate surface area is 203 Å². The van der Waals surface area contributed by atoms with Gasteiger partial charge in [-0.1, -0.05) is 29.8 Å². The molecule has 0 fully saturated rings. The molecule has 33 heavy (non-hydrogen) atoms. The molecule has 1 amide bonds. The number of hydrogen-bond acceptors (Lipinski definition) is 4. The summed E-state index contributed by atoms with van der Waals surface area (Å²) < 4.78 is 5.84. The lowest BCUT2D eigenvalue weighted by Crippen LogP contribution is -2.15. The lowest BCUT2D eigenvalue weighted by Gasteiger charge is -2.13. The Morgan fingerprint density at radius 2 is 1.85 bits per heavy atom. The zero-order valence-electron chi connectivity index (χ0n) is 17.8. The van der Waals surface area contributed by atoms with Gasteiger partial charge in [-0.2, -0.15) is 0 Å². The number of carbonyl (C=O) groups is 1. The third-order valence-corrected chi connectivity index (χ3v) is 6.04. The Kier molecular flexibility index (Phi) is 6.72. The number of nitrogens with zero attached hydrogens (tertiary/aromatic N) is 1. The van der Waals surface area contributed by atoms with Gasteiger partial charge in [0.15, 0.2) is 0 Å². The number of benzene rings is 3. The first-order chi connectivity index (χ1) is 15.6. The lowest BCUT2D eigenvalue weighted by molar-refractivity contribution is 0.102. The van der Waals surface area contributed by atoms with Crippen molar-refractivity contribution in [3.63, 3.8) is 0 Å². The second kappa shape index (κ2) is 9.69. The number of nitrogens with two attached hydrogens (primary N) is 1. The Hall–Kier alpha value is -3.28. The van der Waals surface area contributed by atoms with Gasteiger partial charge in [0.25, 0.3) is 5.91 Å². The van der Waals surface area contributed by atoms with Crippen molar-refractivity contribution in [1.82, 2.24) is 4.98 Å². The van der Waals surface area contributed by atoms with Crippen molar-refractivity contribution in [1.29, 1.82) is 0 Å². The summed E-state index contributed by atoms with van der Waals surface area (Å²) in [6.07, 6.45) is 3.02. The number of anilines is 2. The van der Waals surface area contributed by atoms with Gasteiger partial charge in [0, 0.05) is 38.6 Å². The number of carbonyl (C=O) groups excluding carboxylic acids is 1. The van der Waals surface area contributed by atoms with E-state index in [1.165, 1.54) is 0 Å². The van der Waals surface area contributed by atoms with Crippen molar-refractivity contribution >= 4 is 52.2 Å². The lowest BCUT2D eigenvalue weighted by atomic mass is 10.1. The van der Waals surface area contributed by atoms with E-state index < -0.39 is 0 Å². The summed E-state index contributed by atoms with van der Waals surface area (Å²) in [6.45, 7) is 0.270. The van der Waals surface area contributed by atoms with Gasteiger partial charge in [-0.3, -0.25) is 9.78 Å². The van der Waals surface area contributed by atoms with E-state index in [0.29, 0.717) is 22.0 Å². The Balaban J connectivity index is 0.00000259. The van der Waals surface area contributed by atoms with E-state index in [1.807, 2.05) is 36.4 Å². The summed E-state index contributed by atoms with van der Waals surface area (Å²) >= 11 is 5.93. The molecule has 3 aromatic carbocycles. The fourth-order valence-corrected chi connectivity index (χ4v) is 4.26. The van der Waals surface area contributed by atoms with Crippen LogP contribution in [0.25, 0.3) is 10.9 Å². The number of fused-ring (bicyclic) bond motifs is 2. The maximum atomic E-state index is 13.1. The molecule has 0 radical (unpaired) electrons. The van der Waals surface area contributed by atoms with Crippen molar-refractivity contribution in [2.24, 2.45) is 0 Å². The second-order valence-corrected chi connectivity index (χ2v) is 8.33. The molecule has 168 valence electrons. The molecule has 0 atom stereocenters. The highest BCUT2D eigenvalue weighted by Gasteiger charge is 2.18. The predicted molar refractivity (Wildman–Crippen MR) is 136 cm³/mol. The van der Waals surface area contributed by atoms with Crippen LogP contribution in [0, 0.1) is 0 Å². The third kappa shape index (κ3) is 4.75. The van der Waals surface area contributed by atoms with Crippen LogP contribution in [0.1, 0.15) is 33.6 Å². The molecule has 1 aliphatic carbocycles. The molecule has 4 aromatic rings. The largest absolute Gasteiger partial charge is 0.489 e. The molecule has 7 heteroatoms. The summed E-state index contributed by atoms with van der Waals surface area (Å²) in [4.78, 5) is 17.8. The van der Waals surface area contributed by atoms with Gasteiger partial charge in [0.1, 0.15) is 12.4 Å². The predicted octanol–water partition coefficient (Wildman–Crippen LogP) is 6.21. The van der Waals surface area contributed by atoms with Gasteiger partial charge < -0.3 is 15.8 Å². The minimum absolute atomic E-state index is 0. The maximum absolute atomic E-state index is 13.1. The van der Waals surface area contributed by atoms with Crippen LogP contribution in [0.15, 0.2) is 66.7 Å². The van der Waals surface area contributed by atoms with Crippen molar-refractivity contribution < 1.29 is 9.53 Å². The fraction of sp³-hybridized carbons (Fsp3) is 0.154. The van der Waals surface area contributed by atoms with E-state index in [4.69, 9.17) is 27.1 Å². The number of ether oxygens (including phenoxy) is 1. The zero-order valence-corrected chi connectivity index (χ0v) is 19.4. The first-order valence-electron chi connectivity index (χ1n) is 10.6. The number of aryl methyl sites for hydroxylation is 1. The number of aromatic nitrogens is 1. The minimum Gasteiger partial charge on any atom is -0.489 e. The van der Waals surface area contributed by atoms with Gasteiger partial charge in [0.05, 0.1) is 5.52 Å². The SMILES string of the molecule is Cl.Nc1c2c(nc3ccc(NC(=O)c4ccccc4COc4ccc(Cl)cc4)cc13)CCC2. The highest BCUT2D eigenvalue weighted by molar-refractivity contribution is 6.30. The maximum Gasteiger partial charge on any atom is 0.256 e. The first-order valence-corrected chi connectivity index (χ1v) is 10.9. The minimum atomic E-state index is -0.202. The van der Waals surface area contributed by atoms with Crippen LogP contribution in [0.2, 0.25) is 5.02 Å². The molecule has 1 heterocycles. The van der Waals surface area contributed by atoms with E-state index in [0.717, 1.165) is 52.7 Å². The Morgan fingerprint density at radius 1 is 1.06 bits per heavy atom. The van der Waals surface area contributed by atoms with E-state index in [2.05, 4.69) is 5.32 Å². The zero-order chi connectivity index (χ0) is 22.1. The standard InChI is InChI=1S/C26H22ClN3O2.ClH/c27-17-8-11-19(12-9-17)32-15-16-4-1-2-5-20(16)26(31)29-18-10-13-24-22(14-18)25(28)21-6-3-7-23(21)30-24;/h1-2,4-5,8-14H,3,6-7,15H2,(H2,28,30)(H,29,31);1H. The summed E-state index contributed by atoms with van der Waals surface area (Å²) in [5.74, 6) is 0.488. The van der Waals surface area contributed by atoms with Crippen molar-refractivity contribution in [2.75, 3.05) is 11.1 Å². The van der Waals surface area contributed by atoms with Crippen molar-refractivity contribution in [3.8, 4) is 5.75 Å². The summed E-state index contributed by atoms with van der Waals surface area (Å²) in [5.41, 5.74) is 12.3.